The molecule has 0 radical (unpaired) electrons. The number of nitrogens with zero attached hydrogens (tertiary/aromatic N) is 5. The molecule has 0 saturated heterocycles. The number of hydrogen-bond donors (Lipinski definition) is 2. The minimum Gasteiger partial charge on any atom is -0.343 e. The quantitative estimate of drug-likeness (QED) is 0.626. The third-order valence-electron chi connectivity index (χ3n) is 2.29. The van der Waals surface area contributed by atoms with E-state index in [9.17, 15) is 4.79 Å². The summed E-state index contributed by atoms with van der Waals surface area (Å²) in [5, 5.41) is 4.17. The fraction of sp³-hybridized carbons (Fsp3) is 0.200. The second kappa shape index (κ2) is 5.33. The van der Waals surface area contributed by atoms with Crippen LogP contribution in [0.25, 0.3) is 5.82 Å². The third kappa shape index (κ3) is 2.71. The van der Waals surface area contributed by atoms with Crippen LogP contribution in [-0.4, -0.2) is 44.7 Å². The molecule has 0 saturated carbocycles. The Balaban J connectivity index is 2.40. The van der Waals surface area contributed by atoms with Crippen molar-refractivity contribution in [3.63, 3.8) is 0 Å². The highest BCUT2D eigenvalue weighted by Crippen LogP contribution is 2.18. The van der Waals surface area contributed by atoms with E-state index < -0.39 is 0 Å². The lowest BCUT2D eigenvalue weighted by Gasteiger charge is -2.07. The molecule has 3 N–H and O–H groups in total. The number of hydrazine groups is 1. The molecule has 0 atom stereocenters. The predicted octanol–water partition coefficient (Wildman–Crippen LogP) is 0.412. The van der Waals surface area contributed by atoms with Gasteiger partial charge in [0.15, 0.2) is 11.5 Å². The first-order chi connectivity index (χ1) is 9.02. The van der Waals surface area contributed by atoms with Crippen molar-refractivity contribution in [2.24, 2.45) is 5.84 Å². The molecule has 2 aromatic heterocycles. The van der Waals surface area contributed by atoms with Crippen molar-refractivity contribution >= 4 is 27.8 Å². The van der Waals surface area contributed by atoms with Crippen molar-refractivity contribution in [3.8, 4) is 5.82 Å². The number of aromatic nitrogens is 4. The van der Waals surface area contributed by atoms with Gasteiger partial charge in [-0.3, -0.25) is 10.2 Å². The van der Waals surface area contributed by atoms with Gasteiger partial charge in [0, 0.05) is 26.5 Å². The van der Waals surface area contributed by atoms with Gasteiger partial charge in [-0.15, -0.1) is 0 Å². The molecule has 0 fully saturated rings. The largest absolute Gasteiger partial charge is 0.343 e. The summed E-state index contributed by atoms with van der Waals surface area (Å²) in [5.41, 5.74) is 2.68. The van der Waals surface area contributed by atoms with Crippen molar-refractivity contribution in [2.75, 3.05) is 19.5 Å². The number of nitrogens with two attached hydrogens (primary N) is 1. The maximum absolute atomic E-state index is 11.8. The number of amides is 1. The van der Waals surface area contributed by atoms with E-state index in [1.54, 1.807) is 32.6 Å². The second-order valence-corrected chi connectivity index (χ2v) is 4.71. The number of carbonyl (C=O) groups is 1. The number of anilines is 1. The minimum atomic E-state index is -0.180. The molecule has 0 spiro atoms. The van der Waals surface area contributed by atoms with Gasteiger partial charge in [-0.2, -0.15) is 10.1 Å². The molecule has 2 rings (SSSR count). The Morgan fingerprint density at radius 2 is 2.26 bits per heavy atom. The molecule has 100 valence electrons. The number of rotatable bonds is 3. The van der Waals surface area contributed by atoms with Gasteiger partial charge in [0.1, 0.15) is 0 Å². The zero-order valence-electron chi connectivity index (χ0n) is 10.3. The molecule has 8 nitrogen and oxygen atoms in total. The topological polar surface area (TPSA) is 102 Å². The number of nitrogen functional groups attached to an aromatic ring is 1. The average Bonchev–Trinajstić information content (AvgIpc) is 2.87. The Kier molecular flexibility index (Phi) is 3.76. The fourth-order valence-corrected chi connectivity index (χ4v) is 1.75. The highest BCUT2D eigenvalue weighted by molar-refractivity contribution is 9.10. The van der Waals surface area contributed by atoms with Crippen LogP contribution in [0.4, 0.5) is 5.95 Å². The van der Waals surface area contributed by atoms with Gasteiger partial charge in [-0.05, 0) is 22.0 Å². The maximum atomic E-state index is 11.8. The molecule has 0 unspecified atom stereocenters. The molecule has 1 amide bonds. The predicted molar refractivity (Wildman–Crippen MR) is 72.7 cm³/mol. The smallest absolute Gasteiger partial charge is 0.273 e. The number of carbonyl (C=O) groups excluding carboxylic acids is 1. The van der Waals surface area contributed by atoms with Crippen molar-refractivity contribution in [2.45, 2.75) is 0 Å². The summed E-state index contributed by atoms with van der Waals surface area (Å²) in [6, 6.07) is 1.62. The van der Waals surface area contributed by atoms with Crippen molar-refractivity contribution in [1.29, 1.82) is 0 Å². The van der Waals surface area contributed by atoms with Gasteiger partial charge in [-0.1, -0.05) is 0 Å². The van der Waals surface area contributed by atoms with Gasteiger partial charge >= 0.3 is 0 Å². The monoisotopic (exact) mass is 325 g/mol. The Morgan fingerprint density at radius 3 is 2.89 bits per heavy atom. The normalized spacial score (nSPS) is 10.3. The number of hydrogen-bond acceptors (Lipinski definition) is 6. The first kappa shape index (κ1) is 13.4. The van der Waals surface area contributed by atoms with Gasteiger partial charge in [0.2, 0.25) is 5.95 Å². The Bertz CT molecular complexity index is 610. The Hall–Kier alpha value is -2.00. The fourth-order valence-electron chi connectivity index (χ4n) is 1.37. The van der Waals surface area contributed by atoms with E-state index in [0.29, 0.717) is 16.0 Å². The first-order valence-electron chi connectivity index (χ1n) is 5.29. The first-order valence-corrected chi connectivity index (χ1v) is 6.09. The lowest BCUT2D eigenvalue weighted by Crippen LogP contribution is -2.22. The molecule has 0 aliphatic rings. The summed E-state index contributed by atoms with van der Waals surface area (Å²) in [4.78, 5) is 21.3. The van der Waals surface area contributed by atoms with Crippen molar-refractivity contribution < 1.29 is 4.79 Å². The van der Waals surface area contributed by atoms with E-state index in [-0.39, 0.29) is 11.9 Å². The van der Waals surface area contributed by atoms with Crippen molar-refractivity contribution in [1.82, 2.24) is 24.6 Å². The average molecular weight is 326 g/mol. The van der Waals surface area contributed by atoms with Gasteiger partial charge in [-0.25, -0.2) is 15.5 Å². The summed E-state index contributed by atoms with van der Waals surface area (Å²) in [5.74, 6) is 5.83. The van der Waals surface area contributed by atoms with Crippen LogP contribution in [-0.2, 0) is 0 Å². The molecule has 19 heavy (non-hydrogen) atoms. The van der Waals surface area contributed by atoms with E-state index in [1.165, 1.54) is 9.58 Å². The van der Waals surface area contributed by atoms with Gasteiger partial charge in [0.25, 0.3) is 5.91 Å². The molecule has 0 aliphatic heterocycles. The molecule has 0 aliphatic carbocycles. The molecule has 9 heteroatoms. The van der Waals surface area contributed by atoms with Crippen molar-refractivity contribution in [3.05, 3.63) is 28.6 Å². The second-order valence-electron chi connectivity index (χ2n) is 3.85. The van der Waals surface area contributed by atoms with Crippen LogP contribution in [0, 0.1) is 0 Å². The van der Waals surface area contributed by atoms with Gasteiger partial charge in [0.05, 0.1) is 4.47 Å². The Morgan fingerprint density at radius 1 is 1.53 bits per heavy atom. The molecule has 2 aromatic rings. The van der Waals surface area contributed by atoms with Crippen LogP contribution in [0.1, 0.15) is 10.5 Å². The molecule has 2 heterocycles. The lowest BCUT2D eigenvalue weighted by atomic mass is 10.4. The van der Waals surface area contributed by atoms with E-state index in [2.05, 4.69) is 36.4 Å². The molecule has 0 bridgehead atoms. The van der Waals surface area contributed by atoms with E-state index in [4.69, 9.17) is 5.84 Å². The zero-order valence-corrected chi connectivity index (χ0v) is 11.9. The van der Waals surface area contributed by atoms with Crippen LogP contribution in [0.2, 0.25) is 0 Å². The summed E-state index contributed by atoms with van der Waals surface area (Å²) in [6.45, 7) is 0. The lowest BCUT2D eigenvalue weighted by molar-refractivity contribution is 0.0821. The third-order valence-corrected chi connectivity index (χ3v) is 2.85. The van der Waals surface area contributed by atoms with E-state index in [0.717, 1.165) is 0 Å². The standard InChI is InChI=1S/C10H12BrN7O/c1-17(2)9(19)7-3-4-18(16-7)8-6(11)5-13-10(14-8)15-12/h3-5H,12H2,1-2H3,(H,13,14,15). The van der Waals surface area contributed by atoms with Crippen LogP contribution >= 0.6 is 15.9 Å². The maximum Gasteiger partial charge on any atom is 0.273 e. The van der Waals surface area contributed by atoms with Gasteiger partial charge < -0.3 is 4.90 Å². The molecule has 0 aromatic carbocycles. The van der Waals surface area contributed by atoms with Crippen LogP contribution in [0.5, 0.6) is 0 Å². The van der Waals surface area contributed by atoms with Crippen LogP contribution in [0.3, 0.4) is 0 Å². The number of nitrogens with one attached hydrogen (secondary N) is 1. The van der Waals surface area contributed by atoms with Crippen LogP contribution < -0.4 is 11.3 Å². The minimum absolute atomic E-state index is 0.180. The van der Waals surface area contributed by atoms with Crippen LogP contribution in [0.15, 0.2) is 22.9 Å². The summed E-state index contributed by atoms with van der Waals surface area (Å²) in [6.07, 6.45) is 3.19. The van der Waals surface area contributed by atoms with E-state index in [1.807, 2.05) is 0 Å². The summed E-state index contributed by atoms with van der Waals surface area (Å²) >= 11 is 3.32. The zero-order chi connectivity index (χ0) is 14.0. The summed E-state index contributed by atoms with van der Waals surface area (Å²) in [7, 11) is 3.33. The number of halogens is 1. The molecular formula is C10H12BrN7O. The van der Waals surface area contributed by atoms with E-state index >= 15 is 0 Å². The SMILES string of the molecule is CN(C)C(=O)c1ccn(-c2nc(NN)ncc2Br)n1. The summed E-state index contributed by atoms with van der Waals surface area (Å²) < 4.78 is 2.11. The molecular weight excluding hydrogens is 314 g/mol. The highest BCUT2D eigenvalue weighted by Gasteiger charge is 2.14. The Labute approximate surface area is 117 Å². The highest BCUT2D eigenvalue weighted by atomic mass is 79.9.